The topological polar surface area (TPSA) is 93.1 Å². The molecule has 1 aromatic carbocycles. The number of sulfonamides is 1. The maximum atomic E-state index is 13.4. The number of esters is 1. The fourth-order valence-corrected chi connectivity index (χ4v) is 5.08. The number of rotatable bonds is 8. The Morgan fingerprint density at radius 2 is 2.03 bits per heavy atom. The lowest BCUT2D eigenvalue weighted by atomic mass is 10.2. The molecule has 2 rings (SSSR count). The van der Waals surface area contributed by atoms with E-state index in [0.717, 1.165) is 5.56 Å². The summed E-state index contributed by atoms with van der Waals surface area (Å²) in [5, 5.41) is 9.01. The van der Waals surface area contributed by atoms with Crippen LogP contribution in [0.25, 0.3) is 0 Å². The van der Waals surface area contributed by atoms with Crippen molar-refractivity contribution in [2.45, 2.75) is 82.9 Å². The van der Waals surface area contributed by atoms with Gasteiger partial charge in [-0.05, 0) is 78.0 Å². The molecule has 1 fully saturated rings. The molecule has 0 aliphatic carbocycles. The van der Waals surface area contributed by atoms with E-state index in [9.17, 15) is 13.2 Å². The number of ether oxygens (including phenoxy) is 2. The van der Waals surface area contributed by atoms with Crippen molar-refractivity contribution in [1.82, 2.24) is 4.31 Å². The molecule has 164 valence electrons. The van der Waals surface area contributed by atoms with Gasteiger partial charge < -0.3 is 14.6 Å². The summed E-state index contributed by atoms with van der Waals surface area (Å²) in [6.45, 7) is 9.31. The van der Waals surface area contributed by atoms with Crippen LogP contribution in [-0.2, 0) is 19.6 Å². The average molecular weight is 428 g/mol. The van der Waals surface area contributed by atoms with E-state index in [0.29, 0.717) is 25.7 Å². The number of aliphatic hydroxyl groups excluding tert-OH is 1. The zero-order valence-corrected chi connectivity index (χ0v) is 18.8. The first-order valence-corrected chi connectivity index (χ1v) is 11.5. The van der Waals surface area contributed by atoms with Crippen LogP contribution in [0.4, 0.5) is 0 Å². The van der Waals surface area contributed by atoms with Crippen LogP contribution in [-0.4, -0.2) is 54.7 Å². The van der Waals surface area contributed by atoms with E-state index in [1.54, 1.807) is 32.9 Å². The minimum absolute atomic E-state index is 0.0504. The van der Waals surface area contributed by atoms with Gasteiger partial charge in [0.05, 0.1) is 6.10 Å². The molecule has 29 heavy (non-hydrogen) atoms. The Morgan fingerprint density at radius 1 is 1.34 bits per heavy atom. The molecule has 0 spiro atoms. The van der Waals surface area contributed by atoms with Gasteiger partial charge in [-0.15, -0.1) is 0 Å². The lowest BCUT2D eigenvalue weighted by molar-refractivity contribution is -0.158. The minimum atomic E-state index is -3.94. The molecule has 0 aromatic heterocycles. The SMILES string of the molecule is Cc1ccc(S(=O)(=O)N2CCC[C@H]2C(=O)OC(C)(C)C)c(OC(C)CCCO)c1. The molecule has 8 heteroatoms. The Bertz CT molecular complexity index is 815. The normalized spacial score (nSPS) is 19.2. The van der Waals surface area contributed by atoms with Gasteiger partial charge in [-0.2, -0.15) is 4.31 Å². The smallest absolute Gasteiger partial charge is 0.324 e. The van der Waals surface area contributed by atoms with Crippen LogP contribution in [0.3, 0.4) is 0 Å². The lowest BCUT2D eigenvalue weighted by Gasteiger charge is -2.28. The highest BCUT2D eigenvalue weighted by molar-refractivity contribution is 7.89. The fraction of sp³-hybridized carbons (Fsp3) is 0.667. The molecule has 0 radical (unpaired) electrons. The molecule has 1 unspecified atom stereocenters. The van der Waals surface area contributed by atoms with Crippen LogP contribution >= 0.6 is 0 Å². The van der Waals surface area contributed by atoms with Crippen LogP contribution in [0.2, 0.25) is 0 Å². The molecule has 1 aliphatic rings. The van der Waals surface area contributed by atoms with E-state index in [-0.39, 0.29) is 29.9 Å². The van der Waals surface area contributed by atoms with Crippen LogP contribution in [0.1, 0.15) is 58.9 Å². The summed E-state index contributed by atoms with van der Waals surface area (Å²) < 4.78 is 39.5. The first-order chi connectivity index (χ1) is 13.5. The van der Waals surface area contributed by atoms with Crippen LogP contribution in [0.5, 0.6) is 5.75 Å². The molecule has 0 saturated carbocycles. The van der Waals surface area contributed by atoms with Crippen molar-refractivity contribution in [2.24, 2.45) is 0 Å². The molecule has 0 amide bonds. The third-order valence-corrected chi connectivity index (χ3v) is 6.61. The highest BCUT2D eigenvalue weighted by Crippen LogP contribution is 2.34. The van der Waals surface area contributed by atoms with Gasteiger partial charge in [-0.1, -0.05) is 6.07 Å². The molecular formula is C21H33NO6S. The van der Waals surface area contributed by atoms with Gasteiger partial charge in [0, 0.05) is 13.2 Å². The van der Waals surface area contributed by atoms with Gasteiger partial charge >= 0.3 is 5.97 Å². The van der Waals surface area contributed by atoms with Gasteiger partial charge in [0.1, 0.15) is 22.3 Å². The first-order valence-electron chi connectivity index (χ1n) is 10.1. The second kappa shape index (κ2) is 9.45. The van der Waals surface area contributed by atoms with E-state index >= 15 is 0 Å². The second-order valence-electron chi connectivity index (χ2n) is 8.55. The summed E-state index contributed by atoms with van der Waals surface area (Å²) in [6.07, 6.45) is 1.95. The standard InChI is InChI=1S/C21H33NO6S/c1-15-10-11-19(18(14-15)27-16(2)8-7-13-23)29(25,26)22-12-6-9-17(22)20(24)28-21(3,4)5/h10-11,14,16-17,23H,6-9,12-13H2,1-5H3/t16?,17-/m0/s1. The van der Waals surface area contributed by atoms with Crippen molar-refractivity contribution in [3.05, 3.63) is 23.8 Å². The largest absolute Gasteiger partial charge is 0.489 e. The number of benzene rings is 1. The number of hydrogen-bond acceptors (Lipinski definition) is 6. The number of carbonyl (C=O) groups is 1. The summed E-state index contributed by atoms with van der Waals surface area (Å²) in [7, 11) is -3.94. The molecule has 0 bridgehead atoms. The highest BCUT2D eigenvalue weighted by atomic mass is 32.2. The summed E-state index contributed by atoms with van der Waals surface area (Å²) >= 11 is 0. The number of hydrogen-bond donors (Lipinski definition) is 1. The molecule has 1 N–H and O–H groups in total. The van der Waals surface area contributed by atoms with E-state index in [1.165, 1.54) is 10.4 Å². The van der Waals surface area contributed by atoms with Crippen molar-refractivity contribution in [2.75, 3.05) is 13.2 Å². The zero-order chi connectivity index (χ0) is 21.8. The second-order valence-corrected chi connectivity index (χ2v) is 10.4. The third-order valence-electron chi connectivity index (χ3n) is 4.67. The molecule has 7 nitrogen and oxygen atoms in total. The Labute approximate surface area is 174 Å². The minimum Gasteiger partial charge on any atom is -0.489 e. The maximum Gasteiger partial charge on any atom is 0.324 e. The molecule has 1 aliphatic heterocycles. The van der Waals surface area contributed by atoms with Crippen LogP contribution in [0, 0.1) is 6.92 Å². The molecular weight excluding hydrogens is 394 g/mol. The number of aliphatic hydroxyl groups is 1. The number of carbonyl (C=O) groups excluding carboxylic acids is 1. The Kier molecular flexibility index (Phi) is 7.70. The van der Waals surface area contributed by atoms with E-state index in [1.807, 2.05) is 13.8 Å². The number of nitrogens with zero attached hydrogens (tertiary/aromatic N) is 1. The fourth-order valence-electron chi connectivity index (χ4n) is 3.33. The molecule has 2 atom stereocenters. The Hall–Kier alpha value is -1.64. The molecule has 1 heterocycles. The van der Waals surface area contributed by atoms with E-state index < -0.39 is 27.6 Å². The van der Waals surface area contributed by atoms with E-state index in [4.69, 9.17) is 14.6 Å². The Balaban J connectivity index is 2.33. The van der Waals surface area contributed by atoms with Gasteiger partial charge in [-0.3, -0.25) is 4.79 Å². The summed E-state index contributed by atoms with van der Waals surface area (Å²) in [5.74, 6) is -0.255. The number of aryl methyl sites for hydroxylation is 1. The summed E-state index contributed by atoms with van der Waals surface area (Å²) in [6, 6.07) is 4.11. The highest BCUT2D eigenvalue weighted by Gasteiger charge is 2.42. The van der Waals surface area contributed by atoms with Crippen LogP contribution < -0.4 is 4.74 Å². The van der Waals surface area contributed by atoms with Gasteiger partial charge in [0.15, 0.2) is 0 Å². The average Bonchev–Trinajstić information content (AvgIpc) is 3.09. The Morgan fingerprint density at radius 3 is 2.66 bits per heavy atom. The van der Waals surface area contributed by atoms with Crippen molar-refractivity contribution >= 4 is 16.0 Å². The third kappa shape index (κ3) is 6.17. The molecule has 1 aromatic rings. The quantitative estimate of drug-likeness (QED) is 0.641. The zero-order valence-electron chi connectivity index (χ0n) is 18.0. The van der Waals surface area contributed by atoms with Gasteiger partial charge in [-0.25, -0.2) is 8.42 Å². The first kappa shape index (κ1) is 23.6. The van der Waals surface area contributed by atoms with Crippen LogP contribution in [0.15, 0.2) is 23.1 Å². The van der Waals surface area contributed by atoms with Crippen molar-refractivity contribution in [3.8, 4) is 5.75 Å². The predicted molar refractivity (Wildman–Crippen MR) is 110 cm³/mol. The monoisotopic (exact) mass is 427 g/mol. The molecule has 1 saturated heterocycles. The summed E-state index contributed by atoms with van der Waals surface area (Å²) in [5.41, 5.74) is 0.188. The summed E-state index contributed by atoms with van der Waals surface area (Å²) in [4.78, 5) is 12.7. The van der Waals surface area contributed by atoms with Gasteiger partial charge in [0.2, 0.25) is 10.0 Å². The lowest BCUT2D eigenvalue weighted by Crippen LogP contribution is -2.43. The van der Waals surface area contributed by atoms with E-state index in [2.05, 4.69) is 0 Å². The van der Waals surface area contributed by atoms with Crippen molar-refractivity contribution < 1.29 is 27.8 Å². The maximum absolute atomic E-state index is 13.4. The van der Waals surface area contributed by atoms with Crippen molar-refractivity contribution in [3.63, 3.8) is 0 Å². The predicted octanol–water partition coefficient (Wildman–Crippen LogP) is 3.03. The van der Waals surface area contributed by atoms with Gasteiger partial charge in [0.25, 0.3) is 0 Å². The van der Waals surface area contributed by atoms with Crippen molar-refractivity contribution in [1.29, 1.82) is 0 Å².